The standard InChI is InChI=1S/C9H12O3S.C6H9N2O/c1-6-4-7(2)9(8(3)5-6)13(10,11)12;1-9-6-2-4-8(7)5-3-6/h4-5H,1-3H3,(H,10,11,12);2-5H,7H2,1H3/q;+1/p-1. The zero-order valence-corrected chi connectivity index (χ0v) is 13.8. The van der Waals surface area contributed by atoms with E-state index in [1.165, 1.54) is 4.68 Å². The fraction of sp³-hybridized carbons (Fsp3) is 0.267. The van der Waals surface area contributed by atoms with E-state index in [-0.39, 0.29) is 4.90 Å². The Bertz CT molecular complexity index is 718. The van der Waals surface area contributed by atoms with Crippen LogP contribution in [-0.2, 0) is 10.1 Å². The molecule has 0 saturated heterocycles. The number of benzene rings is 1. The topological polar surface area (TPSA) is 96.3 Å². The molecule has 0 bridgehead atoms. The average molecular weight is 324 g/mol. The predicted molar refractivity (Wildman–Crippen MR) is 82.0 cm³/mol. The molecule has 0 aliphatic rings. The molecular weight excluding hydrogens is 304 g/mol. The fourth-order valence-electron chi connectivity index (χ4n) is 2.12. The van der Waals surface area contributed by atoms with Gasteiger partial charge in [-0.1, -0.05) is 22.4 Å². The maximum Gasteiger partial charge on any atom is 0.202 e. The van der Waals surface area contributed by atoms with Gasteiger partial charge in [-0.3, -0.25) is 0 Å². The third-order valence-corrected chi connectivity index (χ3v) is 4.06. The summed E-state index contributed by atoms with van der Waals surface area (Å²) in [6.45, 7) is 5.12. The van der Waals surface area contributed by atoms with Gasteiger partial charge in [0.1, 0.15) is 15.9 Å². The van der Waals surface area contributed by atoms with Crippen LogP contribution in [0.3, 0.4) is 0 Å². The van der Waals surface area contributed by atoms with Crippen LogP contribution in [0.4, 0.5) is 0 Å². The molecule has 2 rings (SSSR count). The quantitative estimate of drug-likeness (QED) is 0.509. The van der Waals surface area contributed by atoms with Gasteiger partial charge in [-0.25, -0.2) is 14.3 Å². The van der Waals surface area contributed by atoms with Crippen molar-refractivity contribution >= 4 is 10.1 Å². The van der Waals surface area contributed by atoms with Gasteiger partial charge in [0.2, 0.25) is 12.4 Å². The van der Waals surface area contributed by atoms with Crippen LogP contribution in [0.2, 0.25) is 0 Å². The first-order valence-corrected chi connectivity index (χ1v) is 7.90. The number of nitrogens with zero attached hydrogens (tertiary/aromatic N) is 1. The average Bonchev–Trinajstić information content (AvgIpc) is 2.37. The van der Waals surface area contributed by atoms with E-state index in [1.807, 2.05) is 6.92 Å². The van der Waals surface area contributed by atoms with E-state index in [0.29, 0.717) is 11.1 Å². The lowest BCUT2D eigenvalue weighted by Crippen LogP contribution is -2.43. The van der Waals surface area contributed by atoms with Crippen LogP contribution in [0.25, 0.3) is 0 Å². The van der Waals surface area contributed by atoms with Crippen molar-refractivity contribution in [3.05, 3.63) is 53.3 Å². The van der Waals surface area contributed by atoms with Gasteiger partial charge >= 0.3 is 0 Å². The summed E-state index contributed by atoms with van der Waals surface area (Å²) in [5.74, 6) is 6.16. The maximum atomic E-state index is 10.8. The molecule has 22 heavy (non-hydrogen) atoms. The number of nitrogen functional groups attached to an aromatic ring is 1. The van der Waals surface area contributed by atoms with Crippen molar-refractivity contribution in [2.45, 2.75) is 25.7 Å². The van der Waals surface area contributed by atoms with E-state index in [0.717, 1.165) is 11.3 Å². The Labute approximate surface area is 130 Å². The molecule has 0 spiro atoms. The number of hydrogen-bond acceptors (Lipinski definition) is 5. The molecule has 2 aromatic rings. The number of aryl methyl sites for hydroxylation is 3. The Kier molecular flexibility index (Phi) is 5.90. The molecule has 1 aromatic heterocycles. The first-order valence-electron chi connectivity index (χ1n) is 6.49. The molecular formula is C15H20N2O4S. The fourth-order valence-corrected chi connectivity index (χ4v) is 3.03. The van der Waals surface area contributed by atoms with Crippen molar-refractivity contribution in [2.75, 3.05) is 13.0 Å². The van der Waals surface area contributed by atoms with E-state index in [9.17, 15) is 13.0 Å². The molecule has 2 N–H and O–H groups in total. The largest absolute Gasteiger partial charge is 0.744 e. The van der Waals surface area contributed by atoms with Crippen molar-refractivity contribution in [2.24, 2.45) is 0 Å². The highest BCUT2D eigenvalue weighted by atomic mass is 32.2. The van der Waals surface area contributed by atoms with E-state index in [1.54, 1.807) is 57.6 Å². The molecule has 0 unspecified atom stereocenters. The predicted octanol–water partition coefficient (Wildman–Crippen LogP) is 1.21. The highest BCUT2D eigenvalue weighted by molar-refractivity contribution is 7.85. The van der Waals surface area contributed by atoms with Crippen LogP contribution < -0.4 is 15.3 Å². The summed E-state index contributed by atoms with van der Waals surface area (Å²) in [6, 6.07) is 6.97. The van der Waals surface area contributed by atoms with Gasteiger partial charge < -0.3 is 9.29 Å². The Balaban J connectivity index is 0.000000235. The Morgan fingerprint density at radius 2 is 1.55 bits per heavy atom. The zero-order valence-electron chi connectivity index (χ0n) is 13.0. The number of ether oxygens (including phenoxy) is 1. The first-order chi connectivity index (χ1) is 10.1. The van der Waals surface area contributed by atoms with Crippen molar-refractivity contribution < 1.29 is 22.4 Å². The lowest BCUT2D eigenvalue weighted by Gasteiger charge is -2.14. The molecule has 120 valence electrons. The lowest BCUT2D eigenvalue weighted by atomic mass is 10.1. The third kappa shape index (κ3) is 5.01. The van der Waals surface area contributed by atoms with Crippen LogP contribution >= 0.6 is 0 Å². The van der Waals surface area contributed by atoms with Gasteiger partial charge in [0.25, 0.3) is 0 Å². The Morgan fingerprint density at radius 3 is 1.91 bits per heavy atom. The van der Waals surface area contributed by atoms with Crippen LogP contribution in [0.5, 0.6) is 5.75 Å². The number of methoxy groups -OCH3 is 1. The number of hydrogen-bond donors (Lipinski definition) is 1. The minimum absolute atomic E-state index is 0.0851. The summed E-state index contributed by atoms with van der Waals surface area (Å²) in [5.41, 5.74) is 2.00. The summed E-state index contributed by atoms with van der Waals surface area (Å²) in [6.07, 6.45) is 3.44. The summed E-state index contributed by atoms with van der Waals surface area (Å²) in [4.78, 5) is -0.0851. The molecule has 0 aliphatic carbocycles. The summed E-state index contributed by atoms with van der Waals surface area (Å²) < 4.78 is 38.9. The van der Waals surface area contributed by atoms with Crippen molar-refractivity contribution in [3.63, 3.8) is 0 Å². The molecule has 6 nitrogen and oxygen atoms in total. The third-order valence-electron chi connectivity index (χ3n) is 2.91. The molecule has 0 atom stereocenters. The van der Waals surface area contributed by atoms with Crippen molar-refractivity contribution in [3.8, 4) is 5.75 Å². The maximum absolute atomic E-state index is 10.8. The van der Waals surface area contributed by atoms with Crippen LogP contribution in [0.15, 0.2) is 41.6 Å². The van der Waals surface area contributed by atoms with Gasteiger partial charge in [-0.2, -0.15) is 0 Å². The van der Waals surface area contributed by atoms with E-state index < -0.39 is 10.1 Å². The summed E-state index contributed by atoms with van der Waals surface area (Å²) in [7, 11) is -2.71. The minimum Gasteiger partial charge on any atom is -0.744 e. The van der Waals surface area contributed by atoms with Crippen LogP contribution in [0, 0.1) is 20.8 Å². The SMILES string of the molecule is COc1cc[n+](N)cc1.Cc1cc(C)c(S(=O)(=O)[O-])c(C)c1. The molecule has 1 heterocycles. The number of pyridine rings is 1. The second kappa shape index (κ2) is 7.24. The van der Waals surface area contributed by atoms with Gasteiger partial charge in [0, 0.05) is 12.1 Å². The van der Waals surface area contributed by atoms with Crippen LogP contribution in [-0.4, -0.2) is 20.1 Å². The first kappa shape index (κ1) is 17.9. The molecule has 0 radical (unpaired) electrons. The van der Waals surface area contributed by atoms with E-state index >= 15 is 0 Å². The highest BCUT2D eigenvalue weighted by Gasteiger charge is 2.09. The summed E-state index contributed by atoms with van der Waals surface area (Å²) in [5, 5.41) is 0. The second-order valence-electron chi connectivity index (χ2n) is 4.87. The van der Waals surface area contributed by atoms with Gasteiger partial charge in [0.05, 0.1) is 12.0 Å². The minimum atomic E-state index is -4.33. The summed E-state index contributed by atoms with van der Waals surface area (Å²) >= 11 is 0. The smallest absolute Gasteiger partial charge is 0.202 e. The zero-order chi connectivity index (χ0) is 16.9. The Hall–Kier alpha value is -2.12. The van der Waals surface area contributed by atoms with Crippen LogP contribution in [0.1, 0.15) is 16.7 Å². The van der Waals surface area contributed by atoms with Gasteiger partial charge in [0.15, 0.2) is 0 Å². The number of aromatic nitrogens is 1. The number of rotatable bonds is 2. The molecule has 1 aromatic carbocycles. The molecule has 0 fully saturated rings. The molecule has 7 heteroatoms. The van der Waals surface area contributed by atoms with Crippen molar-refractivity contribution in [1.29, 1.82) is 0 Å². The monoisotopic (exact) mass is 324 g/mol. The second-order valence-corrected chi connectivity index (χ2v) is 6.18. The lowest BCUT2D eigenvalue weighted by molar-refractivity contribution is -0.639. The Morgan fingerprint density at radius 1 is 1.09 bits per heavy atom. The molecule has 0 aliphatic heterocycles. The highest BCUT2D eigenvalue weighted by Crippen LogP contribution is 2.20. The molecule has 0 saturated carbocycles. The molecule has 0 amide bonds. The van der Waals surface area contributed by atoms with Crippen molar-refractivity contribution in [1.82, 2.24) is 0 Å². The normalized spacial score (nSPS) is 10.6. The van der Waals surface area contributed by atoms with Gasteiger partial charge in [-0.15, -0.1) is 0 Å². The van der Waals surface area contributed by atoms with E-state index in [4.69, 9.17) is 10.6 Å². The van der Waals surface area contributed by atoms with Gasteiger partial charge in [-0.05, 0) is 31.9 Å². The number of nitrogens with two attached hydrogens (primary N) is 1. The van der Waals surface area contributed by atoms with E-state index in [2.05, 4.69) is 0 Å².